The molecule has 5 nitrogen and oxygen atoms in total. The van der Waals surface area contributed by atoms with Crippen LogP contribution in [0.3, 0.4) is 0 Å². The Balaban J connectivity index is 1.91. The highest BCUT2D eigenvalue weighted by molar-refractivity contribution is 6.74. The highest BCUT2D eigenvalue weighted by Gasteiger charge is 2.45. The zero-order chi connectivity index (χ0) is 16.9. The molecule has 3 heterocycles. The van der Waals surface area contributed by atoms with Crippen LogP contribution in [-0.2, 0) is 14.7 Å². The molecular formula is C16H24ClN3O2Si. The van der Waals surface area contributed by atoms with Crippen molar-refractivity contribution in [2.45, 2.75) is 44.4 Å². The molecule has 0 aliphatic carbocycles. The van der Waals surface area contributed by atoms with Gasteiger partial charge in [-0.1, -0.05) is 32.4 Å². The van der Waals surface area contributed by atoms with Crippen molar-refractivity contribution in [3.05, 3.63) is 23.7 Å². The van der Waals surface area contributed by atoms with Gasteiger partial charge in [0.25, 0.3) is 0 Å². The minimum absolute atomic E-state index is 0.184. The van der Waals surface area contributed by atoms with Gasteiger partial charge >= 0.3 is 0 Å². The molecule has 126 valence electrons. The molecule has 0 radical (unpaired) electrons. The van der Waals surface area contributed by atoms with E-state index in [0.717, 1.165) is 11.0 Å². The van der Waals surface area contributed by atoms with Crippen LogP contribution >= 0.6 is 11.6 Å². The van der Waals surface area contributed by atoms with E-state index in [1.54, 1.807) is 0 Å². The molecule has 0 aromatic carbocycles. The Morgan fingerprint density at radius 2 is 2.04 bits per heavy atom. The monoisotopic (exact) mass is 353 g/mol. The molecule has 0 bridgehead atoms. The lowest BCUT2D eigenvalue weighted by Gasteiger charge is -2.46. The SMILES string of the molecule is CC(C)(C)[Si](C)(C)OCC1(n2ccc3c(Cl)ncnc32)COC1. The van der Waals surface area contributed by atoms with Crippen LogP contribution in [0, 0.1) is 0 Å². The molecule has 0 saturated carbocycles. The maximum absolute atomic E-state index is 6.47. The molecule has 0 unspecified atom stereocenters. The average molecular weight is 354 g/mol. The van der Waals surface area contributed by atoms with E-state index in [2.05, 4.69) is 48.4 Å². The lowest BCUT2D eigenvalue weighted by Crippen LogP contribution is -2.57. The van der Waals surface area contributed by atoms with Crippen LogP contribution in [0.5, 0.6) is 0 Å². The van der Waals surface area contributed by atoms with Crippen LogP contribution in [0.4, 0.5) is 0 Å². The van der Waals surface area contributed by atoms with Crippen molar-refractivity contribution in [3.8, 4) is 0 Å². The van der Waals surface area contributed by atoms with Crippen LogP contribution in [0.1, 0.15) is 20.8 Å². The van der Waals surface area contributed by atoms with E-state index in [1.165, 1.54) is 6.33 Å². The van der Waals surface area contributed by atoms with E-state index in [1.807, 2.05) is 12.3 Å². The number of nitrogens with zero attached hydrogens (tertiary/aromatic N) is 3. The van der Waals surface area contributed by atoms with Crippen molar-refractivity contribution in [1.82, 2.24) is 14.5 Å². The maximum atomic E-state index is 6.47. The largest absolute Gasteiger partial charge is 0.414 e. The minimum atomic E-state index is -1.82. The number of hydrogen-bond acceptors (Lipinski definition) is 4. The van der Waals surface area contributed by atoms with E-state index in [0.29, 0.717) is 25.0 Å². The Labute approximate surface area is 143 Å². The van der Waals surface area contributed by atoms with Crippen molar-refractivity contribution < 1.29 is 9.16 Å². The molecule has 3 rings (SSSR count). The molecule has 0 amide bonds. The normalized spacial score (nSPS) is 18.2. The fraction of sp³-hybridized carbons (Fsp3) is 0.625. The summed E-state index contributed by atoms with van der Waals surface area (Å²) in [6.07, 6.45) is 3.52. The lowest BCUT2D eigenvalue weighted by molar-refractivity contribution is -0.119. The summed E-state index contributed by atoms with van der Waals surface area (Å²) in [6.45, 7) is 13.2. The Morgan fingerprint density at radius 1 is 1.35 bits per heavy atom. The second kappa shape index (κ2) is 5.55. The predicted octanol–water partition coefficient (Wildman–Crippen LogP) is 3.83. The molecule has 1 saturated heterocycles. The maximum Gasteiger partial charge on any atom is 0.192 e. The quantitative estimate of drug-likeness (QED) is 0.619. The zero-order valence-electron chi connectivity index (χ0n) is 14.4. The number of aromatic nitrogens is 3. The van der Waals surface area contributed by atoms with Gasteiger partial charge in [0.1, 0.15) is 22.7 Å². The first-order valence-electron chi connectivity index (χ1n) is 7.86. The van der Waals surface area contributed by atoms with Gasteiger partial charge < -0.3 is 13.7 Å². The molecule has 1 aliphatic heterocycles. The van der Waals surface area contributed by atoms with E-state index in [-0.39, 0.29) is 10.6 Å². The smallest absolute Gasteiger partial charge is 0.192 e. The molecule has 0 N–H and O–H groups in total. The second-order valence-corrected chi connectivity index (χ2v) is 13.0. The molecule has 0 atom stereocenters. The summed E-state index contributed by atoms with van der Waals surface area (Å²) in [7, 11) is -1.82. The first kappa shape index (κ1) is 16.9. The van der Waals surface area contributed by atoms with Crippen LogP contribution < -0.4 is 0 Å². The fourth-order valence-corrected chi connectivity index (χ4v) is 3.72. The number of fused-ring (bicyclic) bond motifs is 1. The summed E-state index contributed by atoms with van der Waals surface area (Å²) < 4.78 is 14.1. The fourth-order valence-electron chi connectivity index (χ4n) is 2.46. The molecule has 7 heteroatoms. The third-order valence-corrected chi connectivity index (χ3v) is 9.97. The van der Waals surface area contributed by atoms with Gasteiger partial charge in [0.15, 0.2) is 8.32 Å². The Kier molecular flexibility index (Phi) is 4.07. The van der Waals surface area contributed by atoms with Gasteiger partial charge in [-0.05, 0) is 24.2 Å². The van der Waals surface area contributed by atoms with Gasteiger partial charge in [-0.25, -0.2) is 9.97 Å². The summed E-state index contributed by atoms with van der Waals surface area (Å²) in [5.74, 6) is 0. The van der Waals surface area contributed by atoms with Gasteiger partial charge in [-0.2, -0.15) is 0 Å². The van der Waals surface area contributed by atoms with Crippen LogP contribution in [0.25, 0.3) is 11.0 Å². The van der Waals surface area contributed by atoms with Crippen molar-refractivity contribution in [3.63, 3.8) is 0 Å². The Hall–Kier alpha value is -0.953. The summed E-state index contributed by atoms with van der Waals surface area (Å²) >= 11 is 6.17. The Bertz CT molecular complexity index is 720. The summed E-state index contributed by atoms with van der Waals surface area (Å²) in [5.41, 5.74) is 0.640. The number of rotatable bonds is 4. The van der Waals surface area contributed by atoms with Crippen molar-refractivity contribution in [2.75, 3.05) is 19.8 Å². The van der Waals surface area contributed by atoms with E-state index >= 15 is 0 Å². The number of hydrogen-bond donors (Lipinski definition) is 0. The highest BCUT2D eigenvalue weighted by atomic mass is 35.5. The minimum Gasteiger partial charge on any atom is -0.414 e. The molecule has 2 aromatic rings. The first-order valence-corrected chi connectivity index (χ1v) is 11.1. The van der Waals surface area contributed by atoms with Gasteiger partial charge in [0, 0.05) is 6.20 Å². The topological polar surface area (TPSA) is 49.2 Å². The van der Waals surface area contributed by atoms with Gasteiger partial charge in [0.2, 0.25) is 0 Å². The molecule has 0 spiro atoms. The average Bonchev–Trinajstić information content (AvgIpc) is 2.82. The summed E-state index contributed by atoms with van der Waals surface area (Å²) in [5, 5.41) is 1.53. The molecule has 23 heavy (non-hydrogen) atoms. The van der Waals surface area contributed by atoms with Crippen molar-refractivity contribution in [1.29, 1.82) is 0 Å². The predicted molar refractivity (Wildman–Crippen MR) is 94.5 cm³/mol. The van der Waals surface area contributed by atoms with Gasteiger partial charge in [0.05, 0.1) is 25.2 Å². The third kappa shape index (κ3) is 2.82. The second-order valence-electron chi connectivity index (χ2n) is 7.85. The van der Waals surface area contributed by atoms with E-state index < -0.39 is 8.32 Å². The van der Waals surface area contributed by atoms with E-state index in [4.69, 9.17) is 20.8 Å². The number of halogens is 1. The molecule has 1 aliphatic rings. The van der Waals surface area contributed by atoms with E-state index in [9.17, 15) is 0 Å². The van der Waals surface area contributed by atoms with Gasteiger partial charge in [-0.15, -0.1) is 0 Å². The molecule has 2 aromatic heterocycles. The standard InChI is InChI=1S/C16H24ClN3O2Si/c1-15(2,3)23(4,5)22-10-16(8-21-9-16)20-7-6-12-13(17)18-11-19-14(12)20/h6-7,11H,8-10H2,1-5H3. The Morgan fingerprint density at radius 3 is 2.61 bits per heavy atom. The van der Waals surface area contributed by atoms with Crippen LogP contribution in [-0.4, -0.2) is 42.7 Å². The zero-order valence-corrected chi connectivity index (χ0v) is 16.1. The van der Waals surface area contributed by atoms with Crippen molar-refractivity contribution >= 4 is 31.0 Å². The van der Waals surface area contributed by atoms with Crippen molar-refractivity contribution in [2.24, 2.45) is 0 Å². The summed E-state index contributed by atoms with van der Waals surface area (Å²) in [4.78, 5) is 8.46. The highest BCUT2D eigenvalue weighted by Crippen LogP contribution is 2.39. The molecule has 1 fully saturated rings. The summed E-state index contributed by atoms with van der Waals surface area (Å²) in [6, 6.07) is 1.96. The van der Waals surface area contributed by atoms with Gasteiger partial charge in [-0.3, -0.25) is 0 Å². The lowest BCUT2D eigenvalue weighted by atomic mass is 9.98. The first-order chi connectivity index (χ1) is 10.7. The molecular weight excluding hydrogens is 330 g/mol. The number of ether oxygens (including phenoxy) is 1. The van der Waals surface area contributed by atoms with Crippen LogP contribution in [0.15, 0.2) is 18.6 Å². The van der Waals surface area contributed by atoms with Crippen LogP contribution in [0.2, 0.25) is 23.3 Å². The third-order valence-electron chi connectivity index (χ3n) is 5.19.